The molecule has 0 unspecified atom stereocenters. The quantitative estimate of drug-likeness (QED) is 0.768. The van der Waals surface area contributed by atoms with Crippen LogP contribution in [0.4, 0.5) is 5.95 Å². The van der Waals surface area contributed by atoms with Crippen LogP contribution in [0, 0.1) is 13.8 Å². The number of hydrogen-bond donors (Lipinski definition) is 1. The Bertz CT molecular complexity index is 712. The van der Waals surface area contributed by atoms with E-state index in [-0.39, 0.29) is 0 Å². The van der Waals surface area contributed by atoms with Crippen LogP contribution in [-0.4, -0.2) is 26.8 Å². The summed E-state index contributed by atoms with van der Waals surface area (Å²) >= 11 is 1.61. The van der Waals surface area contributed by atoms with Gasteiger partial charge >= 0.3 is 0 Å². The molecule has 0 aliphatic heterocycles. The van der Waals surface area contributed by atoms with E-state index in [0.29, 0.717) is 5.95 Å². The molecular weight excluding hydrogens is 246 g/mol. The van der Waals surface area contributed by atoms with Crippen LogP contribution in [0.2, 0.25) is 0 Å². The van der Waals surface area contributed by atoms with Crippen molar-refractivity contribution in [2.24, 2.45) is 0 Å². The number of hydrogen-bond acceptors (Lipinski definition) is 5. The van der Waals surface area contributed by atoms with Crippen molar-refractivity contribution >= 4 is 27.5 Å². The number of nitrogens with one attached hydrogen (secondary N) is 1. The predicted molar refractivity (Wildman–Crippen MR) is 73.6 cm³/mol. The lowest BCUT2D eigenvalue weighted by Gasteiger charge is -2.07. The topological polar surface area (TPSA) is 55.6 Å². The monoisotopic (exact) mass is 259 g/mol. The van der Waals surface area contributed by atoms with Crippen molar-refractivity contribution in [1.29, 1.82) is 0 Å². The Morgan fingerprint density at radius 1 is 1.28 bits per heavy atom. The van der Waals surface area contributed by atoms with Gasteiger partial charge in [0, 0.05) is 12.7 Å². The summed E-state index contributed by atoms with van der Waals surface area (Å²) in [5, 5.41) is 10.5. The summed E-state index contributed by atoms with van der Waals surface area (Å²) in [6.07, 6.45) is 0. The van der Waals surface area contributed by atoms with Gasteiger partial charge in [0.1, 0.15) is 4.83 Å². The van der Waals surface area contributed by atoms with E-state index in [2.05, 4.69) is 20.4 Å². The Hall–Kier alpha value is -1.95. The summed E-state index contributed by atoms with van der Waals surface area (Å²) in [5.74, 6) is 1.45. The highest BCUT2D eigenvalue weighted by atomic mass is 32.1. The summed E-state index contributed by atoms with van der Waals surface area (Å²) in [4.78, 5) is 9.92. The van der Waals surface area contributed by atoms with Gasteiger partial charge in [-0.2, -0.15) is 10.1 Å². The van der Waals surface area contributed by atoms with E-state index in [9.17, 15) is 0 Å². The minimum atomic E-state index is 0.618. The first-order valence-electron chi connectivity index (χ1n) is 5.65. The molecule has 0 fully saturated rings. The van der Waals surface area contributed by atoms with Crippen molar-refractivity contribution < 1.29 is 0 Å². The third kappa shape index (κ3) is 1.65. The SMILES string of the molecule is CNc1nc(-n2nc(C)cc2C)c2ccsc2n1. The molecule has 0 saturated carbocycles. The van der Waals surface area contributed by atoms with E-state index in [1.807, 2.05) is 43.1 Å². The zero-order valence-corrected chi connectivity index (χ0v) is 11.2. The lowest BCUT2D eigenvalue weighted by Crippen LogP contribution is -2.06. The molecule has 3 rings (SSSR count). The van der Waals surface area contributed by atoms with Gasteiger partial charge in [0.25, 0.3) is 0 Å². The minimum absolute atomic E-state index is 0.618. The van der Waals surface area contributed by atoms with Gasteiger partial charge in [-0.15, -0.1) is 11.3 Å². The van der Waals surface area contributed by atoms with Crippen LogP contribution < -0.4 is 5.32 Å². The van der Waals surface area contributed by atoms with Crippen LogP contribution in [0.1, 0.15) is 11.4 Å². The summed E-state index contributed by atoms with van der Waals surface area (Å²) < 4.78 is 1.87. The number of aromatic nitrogens is 4. The second-order valence-corrected chi connectivity index (χ2v) is 4.99. The molecule has 6 heteroatoms. The summed E-state index contributed by atoms with van der Waals surface area (Å²) in [7, 11) is 1.82. The Kier molecular flexibility index (Phi) is 2.52. The largest absolute Gasteiger partial charge is 0.357 e. The van der Waals surface area contributed by atoms with Gasteiger partial charge in [0.05, 0.1) is 11.1 Å². The first-order chi connectivity index (χ1) is 8.69. The third-order valence-electron chi connectivity index (χ3n) is 2.74. The van der Waals surface area contributed by atoms with Crippen molar-refractivity contribution in [3.8, 4) is 5.82 Å². The molecule has 0 aliphatic rings. The highest BCUT2D eigenvalue weighted by molar-refractivity contribution is 7.16. The molecule has 1 N–H and O–H groups in total. The zero-order valence-electron chi connectivity index (χ0n) is 10.4. The highest BCUT2D eigenvalue weighted by Gasteiger charge is 2.12. The Balaban J connectivity index is 2.33. The molecule has 0 aliphatic carbocycles. The number of anilines is 1. The fraction of sp³-hybridized carbons (Fsp3) is 0.250. The van der Waals surface area contributed by atoms with Gasteiger partial charge in [-0.05, 0) is 31.4 Å². The molecule has 0 amide bonds. The molecule has 92 valence electrons. The maximum Gasteiger partial charge on any atom is 0.225 e. The maximum absolute atomic E-state index is 4.52. The van der Waals surface area contributed by atoms with Gasteiger partial charge in [-0.25, -0.2) is 9.67 Å². The Labute approximate surface area is 109 Å². The van der Waals surface area contributed by atoms with Crippen molar-refractivity contribution in [1.82, 2.24) is 19.7 Å². The fourth-order valence-electron chi connectivity index (χ4n) is 1.96. The van der Waals surface area contributed by atoms with Crippen molar-refractivity contribution in [2.75, 3.05) is 12.4 Å². The van der Waals surface area contributed by atoms with Crippen molar-refractivity contribution in [3.63, 3.8) is 0 Å². The van der Waals surface area contributed by atoms with Gasteiger partial charge in [-0.1, -0.05) is 0 Å². The van der Waals surface area contributed by atoms with Gasteiger partial charge in [0.2, 0.25) is 5.95 Å². The summed E-state index contributed by atoms with van der Waals surface area (Å²) in [6.45, 7) is 4.01. The molecule has 5 nitrogen and oxygen atoms in total. The molecule has 3 aromatic rings. The van der Waals surface area contributed by atoms with E-state index < -0.39 is 0 Å². The zero-order chi connectivity index (χ0) is 12.7. The second kappa shape index (κ2) is 4.06. The fourth-order valence-corrected chi connectivity index (χ4v) is 2.71. The standard InChI is InChI=1S/C12H13N5S/c1-7-6-8(2)17(16-7)10-9-4-5-18-11(9)15-12(13-3)14-10/h4-6H,1-3H3,(H,13,14,15). The van der Waals surface area contributed by atoms with Gasteiger partial charge in [0.15, 0.2) is 5.82 Å². The first kappa shape index (κ1) is 11.2. The van der Waals surface area contributed by atoms with Crippen LogP contribution in [0.15, 0.2) is 17.5 Å². The molecule has 0 aromatic carbocycles. The lowest BCUT2D eigenvalue weighted by atomic mass is 10.3. The lowest BCUT2D eigenvalue weighted by molar-refractivity contribution is 0.812. The normalized spacial score (nSPS) is 11.1. The van der Waals surface area contributed by atoms with Crippen LogP contribution in [0.5, 0.6) is 0 Å². The van der Waals surface area contributed by atoms with Crippen LogP contribution in [0.3, 0.4) is 0 Å². The Morgan fingerprint density at radius 2 is 2.11 bits per heavy atom. The minimum Gasteiger partial charge on any atom is -0.357 e. The molecule has 3 aromatic heterocycles. The smallest absolute Gasteiger partial charge is 0.225 e. The molecule has 0 bridgehead atoms. The van der Waals surface area contributed by atoms with E-state index in [1.54, 1.807) is 11.3 Å². The van der Waals surface area contributed by atoms with E-state index in [1.165, 1.54) is 0 Å². The predicted octanol–water partition coefficient (Wildman–Crippen LogP) is 2.54. The number of rotatable bonds is 2. The molecule has 0 radical (unpaired) electrons. The molecule has 3 heterocycles. The van der Waals surface area contributed by atoms with Crippen LogP contribution in [-0.2, 0) is 0 Å². The van der Waals surface area contributed by atoms with Crippen LogP contribution in [0.25, 0.3) is 16.0 Å². The highest BCUT2D eigenvalue weighted by Crippen LogP contribution is 2.26. The number of fused-ring (bicyclic) bond motifs is 1. The molecule has 0 atom stereocenters. The molecule has 0 spiro atoms. The van der Waals surface area contributed by atoms with E-state index in [0.717, 1.165) is 27.4 Å². The second-order valence-electron chi connectivity index (χ2n) is 4.10. The number of nitrogens with zero attached hydrogens (tertiary/aromatic N) is 4. The van der Waals surface area contributed by atoms with Crippen molar-refractivity contribution in [2.45, 2.75) is 13.8 Å². The van der Waals surface area contributed by atoms with Gasteiger partial charge < -0.3 is 5.32 Å². The Morgan fingerprint density at radius 3 is 2.78 bits per heavy atom. The number of aryl methyl sites for hydroxylation is 2. The van der Waals surface area contributed by atoms with Gasteiger partial charge in [-0.3, -0.25) is 0 Å². The molecular formula is C12H13N5S. The summed E-state index contributed by atoms with van der Waals surface area (Å²) in [5.41, 5.74) is 2.06. The molecule has 0 saturated heterocycles. The van der Waals surface area contributed by atoms with Crippen molar-refractivity contribution in [3.05, 3.63) is 28.9 Å². The average molecular weight is 259 g/mol. The summed E-state index contributed by atoms with van der Waals surface area (Å²) in [6, 6.07) is 4.07. The number of thiophene rings is 1. The first-order valence-corrected chi connectivity index (χ1v) is 6.53. The molecule has 18 heavy (non-hydrogen) atoms. The average Bonchev–Trinajstić information content (AvgIpc) is 2.94. The maximum atomic E-state index is 4.52. The van der Waals surface area contributed by atoms with E-state index in [4.69, 9.17) is 0 Å². The third-order valence-corrected chi connectivity index (χ3v) is 3.55. The van der Waals surface area contributed by atoms with Crippen LogP contribution >= 0.6 is 11.3 Å². The van der Waals surface area contributed by atoms with E-state index >= 15 is 0 Å².